The number of carbonyl (C=O) groups excluding carboxylic acids is 1. The van der Waals surface area contributed by atoms with Gasteiger partial charge in [-0.25, -0.2) is 4.98 Å². The van der Waals surface area contributed by atoms with Gasteiger partial charge in [-0.2, -0.15) is 0 Å². The van der Waals surface area contributed by atoms with E-state index in [9.17, 15) is 9.90 Å². The van der Waals surface area contributed by atoms with Crippen LogP contribution in [0.5, 0.6) is 0 Å². The van der Waals surface area contributed by atoms with E-state index in [1.807, 2.05) is 17.8 Å². The average Bonchev–Trinajstić information content (AvgIpc) is 3.36. The number of imidazole rings is 1. The number of carbonyl (C=O) groups is 1. The number of aromatic nitrogens is 2. The van der Waals surface area contributed by atoms with Crippen molar-refractivity contribution in [2.75, 3.05) is 6.54 Å². The van der Waals surface area contributed by atoms with Crippen LogP contribution in [0.25, 0.3) is 0 Å². The molecule has 8 heteroatoms. The Kier molecular flexibility index (Phi) is 6.30. The number of hydrogen-bond donors (Lipinski definition) is 3. The first-order valence-corrected chi connectivity index (χ1v) is 10.6. The van der Waals surface area contributed by atoms with Gasteiger partial charge in [-0.1, -0.05) is 19.3 Å². The SMILES string of the molecule is Cn1ccnc1CNC(=O)C[C@@H]1C[C@H]2O[C@H](CNC3CCCCC3)[C@@H](O)[C@H]2O1. The van der Waals surface area contributed by atoms with Gasteiger partial charge in [0.2, 0.25) is 5.91 Å². The number of ether oxygens (including phenoxy) is 2. The number of hydrogen-bond acceptors (Lipinski definition) is 6. The zero-order valence-electron chi connectivity index (χ0n) is 16.5. The maximum atomic E-state index is 12.2. The molecule has 3 N–H and O–H groups in total. The highest BCUT2D eigenvalue weighted by molar-refractivity contribution is 5.76. The Labute approximate surface area is 166 Å². The van der Waals surface area contributed by atoms with Crippen molar-refractivity contribution in [2.24, 2.45) is 7.05 Å². The number of rotatable bonds is 7. The highest BCUT2D eigenvalue weighted by Crippen LogP contribution is 2.35. The molecule has 1 aromatic heterocycles. The van der Waals surface area contributed by atoms with Crippen molar-refractivity contribution in [3.05, 3.63) is 18.2 Å². The Balaban J connectivity index is 1.18. The van der Waals surface area contributed by atoms with Crippen LogP contribution in [-0.2, 0) is 27.9 Å². The number of fused-ring (bicyclic) bond motifs is 1. The molecule has 0 bridgehead atoms. The van der Waals surface area contributed by atoms with Gasteiger partial charge in [-0.15, -0.1) is 0 Å². The molecule has 2 saturated heterocycles. The van der Waals surface area contributed by atoms with Gasteiger partial charge in [0.15, 0.2) is 0 Å². The summed E-state index contributed by atoms with van der Waals surface area (Å²) in [5.74, 6) is 0.739. The van der Waals surface area contributed by atoms with Crippen LogP contribution in [0.4, 0.5) is 0 Å². The van der Waals surface area contributed by atoms with Gasteiger partial charge < -0.3 is 29.8 Å². The van der Waals surface area contributed by atoms with Crippen molar-refractivity contribution >= 4 is 5.91 Å². The minimum atomic E-state index is -0.637. The molecule has 156 valence electrons. The van der Waals surface area contributed by atoms with Crippen molar-refractivity contribution in [3.63, 3.8) is 0 Å². The summed E-state index contributed by atoms with van der Waals surface area (Å²) >= 11 is 0. The maximum Gasteiger partial charge on any atom is 0.222 e. The summed E-state index contributed by atoms with van der Waals surface area (Å²) in [4.78, 5) is 16.4. The normalized spacial score (nSPS) is 33.1. The molecular formula is C20H32N4O4. The molecule has 1 aromatic rings. The summed E-state index contributed by atoms with van der Waals surface area (Å²) < 4.78 is 13.9. The van der Waals surface area contributed by atoms with E-state index in [1.54, 1.807) is 6.20 Å². The third-order valence-electron chi connectivity index (χ3n) is 6.27. The first kappa shape index (κ1) is 19.8. The highest BCUT2D eigenvalue weighted by atomic mass is 16.6. The fourth-order valence-corrected chi connectivity index (χ4v) is 4.62. The highest BCUT2D eigenvalue weighted by Gasteiger charge is 2.50. The molecule has 1 amide bonds. The Morgan fingerprint density at radius 1 is 1.32 bits per heavy atom. The first-order valence-electron chi connectivity index (χ1n) is 10.6. The molecule has 0 aromatic carbocycles. The fraction of sp³-hybridized carbons (Fsp3) is 0.800. The number of amides is 1. The fourth-order valence-electron chi connectivity index (χ4n) is 4.62. The summed E-state index contributed by atoms with van der Waals surface area (Å²) in [7, 11) is 1.90. The smallest absolute Gasteiger partial charge is 0.222 e. The number of nitrogens with zero attached hydrogens (tertiary/aromatic N) is 2. The van der Waals surface area contributed by atoms with E-state index in [0.29, 0.717) is 25.6 Å². The predicted molar refractivity (Wildman–Crippen MR) is 102 cm³/mol. The molecule has 4 rings (SSSR count). The summed E-state index contributed by atoms with van der Waals surface area (Å²) in [6.45, 7) is 1.06. The lowest BCUT2D eigenvalue weighted by molar-refractivity contribution is -0.125. The molecule has 1 saturated carbocycles. The van der Waals surface area contributed by atoms with Crippen molar-refractivity contribution in [3.8, 4) is 0 Å². The third kappa shape index (κ3) is 4.56. The minimum Gasteiger partial charge on any atom is -0.388 e. The van der Waals surface area contributed by atoms with E-state index in [0.717, 1.165) is 5.82 Å². The molecule has 8 nitrogen and oxygen atoms in total. The first-order chi connectivity index (χ1) is 13.6. The van der Waals surface area contributed by atoms with Crippen molar-refractivity contribution in [1.29, 1.82) is 0 Å². The predicted octanol–water partition coefficient (Wildman–Crippen LogP) is 0.635. The zero-order valence-corrected chi connectivity index (χ0v) is 16.5. The molecule has 0 unspecified atom stereocenters. The van der Waals surface area contributed by atoms with Crippen LogP contribution in [0.3, 0.4) is 0 Å². The summed E-state index contributed by atoms with van der Waals surface area (Å²) in [6.07, 6.45) is 9.27. The van der Waals surface area contributed by atoms with Crippen LogP contribution >= 0.6 is 0 Å². The number of nitrogens with one attached hydrogen (secondary N) is 2. The van der Waals surface area contributed by atoms with Crippen molar-refractivity contribution < 1.29 is 19.4 Å². The molecule has 0 spiro atoms. The van der Waals surface area contributed by atoms with E-state index in [1.165, 1.54) is 32.1 Å². The Morgan fingerprint density at radius 3 is 2.86 bits per heavy atom. The second-order valence-electron chi connectivity index (χ2n) is 8.34. The number of aliphatic hydroxyl groups excluding tert-OH is 1. The Morgan fingerprint density at radius 2 is 2.14 bits per heavy atom. The van der Waals surface area contributed by atoms with Gasteiger partial charge in [0.25, 0.3) is 0 Å². The van der Waals surface area contributed by atoms with Gasteiger partial charge in [0.05, 0.1) is 31.3 Å². The van der Waals surface area contributed by atoms with E-state index in [4.69, 9.17) is 9.47 Å². The largest absolute Gasteiger partial charge is 0.388 e. The quantitative estimate of drug-likeness (QED) is 0.630. The van der Waals surface area contributed by atoms with Gasteiger partial charge >= 0.3 is 0 Å². The molecule has 28 heavy (non-hydrogen) atoms. The van der Waals surface area contributed by atoms with Crippen LogP contribution in [0.15, 0.2) is 12.4 Å². The van der Waals surface area contributed by atoms with Crippen LogP contribution in [-0.4, -0.2) is 63.7 Å². The molecule has 2 aliphatic heterocycles. The molecule has 1 aliphatic carbocycles. The maximum absolute atomic E-state index is 12.2. The average molecular weight is 393 g/mol. The monoisotopic (exact) mass is 392 g/mol. The van der Waals surface area contributed by atoms with Crippen molar-refractivity contribution in [1.82, 2.24) is 20.2 Å². The molecule has 3 fully saturated rings. The standard InChI is InChI=1S/C20H32N4O4/c1-24-8-7-21-17(24)12-23-18(25)10-14-9-15-20(27-14)19(26)16(28-15)11-22-13-5-3-2-4-6-13/h7-8,13-16,19-20,22,26H,2-6,9-12H2,1H3,(H,23,25)/t14-,15+,16+,19+,20-/m0/s1. The topological polar surface area (TPSA) is 97.6 Å². The Hall–Kier alpha value is -1.48. The lowest BCUT2D eigenvalue weighted by Crippen LogP contribution is -2.42. The minimum absolute atomic E-state index is 0.0713. The second kappa shape index (κ2) is 8.90. The van der Waals surface area contributed by atoms with Gasteiger partial charge in [-0.05, 0) is 12.8 Å². The molecule has 3 aliphatic rings. The van der Waals surface area contributed by atoms with Crippen molar-refractivity contribution in [2.45, 2.75) is 88.1 Å². The zero-order chi connectivity index (χ0) is 19.5. The lowest BCUT2D eigenvalue weighted by atomic mass is 9.95. The second-order valence-corrected chi connectivity index (χ2v) is 8.34. The van der Waals surface area contributed by atoms with Crippen LogP contribution in [0.2, 0.25) is 0 Å². The van der Waals surface area contributed by atoms with Gasteiger partial charge in [-0.3, -0.25) is 4.79 Å². The van der Waals surface area contributed by atoms with E-state index in [2.05, 4.69) is 15.6 Å². The van der Waals surface area contributed by atoms with E-state index < -0.39 is 6.10 Å². The molecular weight excluding hydrogens is 360 g/mol. The number of aliphatic hydroxyl groups is 1. The van der Waals surface area contributed by atoms with E-state index in [-0.39, 0.29) is 36.7 Å². The van der Waals surface area contributed by atoms with Crippen LogP contribution < -0.4 is 10.6 Å². The van der Waals surface area contributed by atoms with Gasteiger partial charge in [0, 0.05) is 38.4 Å². The number of aryl methyl sites for hydroxylation is 1. The summed E-state index contributed by atoms with van der Waals surface area (Å²) in [5.41, 5.74) is 0. The Bertz CT molecular complexity index is 660. The molecule has 3 heterocycles. The van der Waals surface area contributed by atoms with Gasteiger partial charge in [0.1, 0.15) is 18.0 Å². The molecule has 0 radical (unpaired) electrons. The van der Waals surface area contributed by atoms with Crippen LogP contribution in [0.1, 0.15) is 50.8 Å². The summed E-state index contributed by atoms with van der Waals surface area (Å²) in [5, 5.41) is 17.0. The van der Waals surface area contributed by atoms with E-state index >= 15 is 0 Å². The van der Waals surface area contributed by atoms with Crippen LogP contribution in [0, 0.1) is 0 Å². The molecule has 5 atom stereocenters. The third-order valence-corrected chi connectivity index (χ3v) is 6.27. The lowest BCUT2D eigenvalue weighted by Gasteiger charge is -2.26. The summed E-state index contributed by atoms with van der Waals surface area (Å²) in [6, 6.07) is 0.543.